The molecule has 0 radical (unpaired) electrons. The molecule has 0 bridgehead atoms. The van der Waals surface area contributed by atoms with Crippen LogP contribution in [0.1, 0.15) is 18.0 Å². The monoisotopic (exact) mass is 333 g/mol. The molecule has 1 aliphatic rings. The Bertz CT molecular complexity index is 485. The molecule has 1 heterocycles. The molecule has 1 aromatic carbocycles. The second-order valence-corrected chi connectivity index (χ2v) is 6.35. The van der Waals surface area contributed by atoms with Gasteiger partial charge in [-0.3, -0.25) is 9.89 Å². The summed E-state index contributed by atoms with van der Waals surface area (Å²) in [5, 5.41) is 3.22. The Morgan fingerprint density at radius 1 is 1.29 bits per heavy atom. The maximum atomic E-state index is 6.01. The molecule has 1 atom stereocenters. The van der Waals surface area contributed by atoms with Gasteiger partial charge in [0.2, 0.25) is 0 Å². The first-order valence-corrected chi connectivity index (χ1v) is 8.72. The van der Waals surface area contributed by atoms with Crippen LogP contribution in [0.2, 0.25) is 0 Å². The first-order chi connectivity index (χ1) is 11.7. The summed E-state index contributed by atoms with van der Waals surface area (Å²) in [6.07, 6.45) is 1.06. The Kier molecular flexibility index (Phi) is 8.01. The average molecular weight is 333 g/mol. The van der Waals surface area contributed by atoms with E-state index in [9.17, 15) is 0 Å². The van der Waals surface area contributed by atoms with E-state index in [0.29, 0.717) is 12.5 Å². The van der Waals surface area contributed by atoms with E-state index in [1.807, 2.05) is 6.07 Å². The Labute approximate surface area is 145 Å². The van der Waals surface area contributed by atoms with E-state index in [2.05, 4.69) is 58.5 Å². The lowest BCUT2D eigenvalue weighted by molar-refractivity contribution is 0.0376. The van der Waals surface area contributed by atoms with Crippen LogP contribution in [0, 0.1) is 0 Å². The molecule has 6 heteroatoms. The molecule has 2 rings (SSSR count). The van der Waals surface area contributed by atoms with E-state index < -0.39 is 0 Å². The number of rotatable bonds is 8. The number of ether oxygens (including phenoxy) is 1. The standard InChI is InChI=1S/C18H31N5O/c1-22(2)17(16-7-4-3-5-8-16)15-21-18(19)20-9-6-10-23-11-13-24-14-12-23/h3-5,7-8,17H,6,9-15H2,1-2H3,(H3,19,20,21). The number of morpholine rings is 1. The van der Waals surface area contributed by atoms with Crippen LogP contribution in [0.5, 0.6) is 0 Å². The lowest BCUT2D eigenvalue weighted by Crippen LogP contribution is -2.39. The summed E-state index contributed by atoms with van der Waals surface area (Å²) in [7, 11) is 4.14. The van der Waals surface area contributed by atoms with Gasteiger partial charge in [-0.1, -0.05) is 30.3 Å². The molecule has 0 spiro atoms. The van der Waals surface area contributed by atoms with Crippen LogP contribution >= 0.6 is 0 Å². The predicted octanol–water partition coefficient (Wildman–Crippen LogP) is 0.916. The summed E-state index contributed by atoms with van der Waals surface area (Å²) >= 11 is 0. The van der Waals surface area contributed by atoms with Crippen molar-refractivity contribution in [1.29, 1.82) is 0 Å². The fraction of sp³-hybridized carbons (Fsp3) is 0.611. The van der Waals surface area contributed by atoms with Crippen molar-refractivity contribution in [1.82, 2.24) is 15.1 Å². The summed E-state index contributed by atoms with van der Waals surface area (Å²) in [5.41, 5.74) is 7.26. The highest BCUT2D eigenvalue weighted by molar-refractivity contribution is 5.77. The van der Waals surface area contributed by atoms with E-state index in [4.69, 9.17) is 10.5 Å². The van der Waals surface area contributed by atoms with E-state index in [-0.39, 0.29) is 6.04 Å². The average Bonchev–Trinajstić information content (AvgIpc) is 2.60. The lowest BCUT2D eigenvalue weighted by Gasteiger charge is -2.26. The van der Waals surface area contributed by atoms with Crippen LogP contribution in [-0.4, -0.2) is 75.8 Å². The van der Waals surface area contributed by atoms with E-state index in [1.165, 1.54) is 5.56 Å². The van der Waals surface area contributed by atoms with Crippen LogP contribution in [0.25, 0.3) is 0 Å². The minimum absolute atomic E-state index is 0.236. The van der Waals surface area contributed by atoms with Crippen molar-refractivity contribution in [3.63, 3.8) is 0 Å². The SMILES string of the molecule is CN(C)C(CN=C(N)NCCCN1CCOCC1)c1ccccc1. The smallest absolute Gasteiger partial charge is 0.188 e. The van der Waals surface area contributed by atoms with Crippen molar-refractivity contribution in [2.45, 2.75) is 12.5 Å². The van der Waals surface area contributed by atoms with Gasteiger partial charge in [0.15, 0.2) is 5.96 Å². The minimum atomic E-state index is 0.236. The van der Waals surface area contributed by atoms with Gasteiger partial charge in [0.1, 0.15) is 0 Å². The van der Waals surface area contributed by atoms with Crippen molar-refractivity contribution in [2.24, 2.45) is 10.7 Å². The van der Waals surface area contributed by atoms with Gasteiger partial charge in [-0.15, -0.1) is 0 Å². The number of benzene rings is 1. The largest absolute Gasteiger partial charge is 0.379 e. The van der Waals surface area contributed by atoms with E-state index >= 15 is 0 Å². The third-order valence-corrected chi connectivity index (χ3v) is 4.30. The van der Waals surface area contributed by atoms with Crippen LogP contribution in [0.4, 0.5) is 0 Å². The lowest BCUT2D eigenvalue weighted by atomic mass is 10.1. The fourth-order valence-corrected chi connectivity index (χ4v) is 2.83. The third-order valence-electron chi connectivity index (χ3n) is 4.30. The van der Waals surface area contributed by atoms with Crippen LogP contribution in [0.3, 0.4) is 0 Å². The molecule has 1 aromatic rings. The first-order valence-electron chi connectivity index (χ1n) is 8.72. The summed E-state index contributed by atoms with van der Waals surface area (Å²) in [4.78, 5) is 9.11. The second-order valence-electron chi connectivity index (χ2n) is 6.35. The van der Waals surface area contributed by atoms with Gasteiger partial charge in [0.05, 0.1) is 25.8 Å². The molecule has 1 fully saturated rings. The minimum Gasteiger partial charge on any atom is -0.379 e. The molecule has 134 valence electrons. The normalized spacial score (nSPS) is 17.9. The van der Waals surface area contributed by atoms with Crippen LogP contribution in [-0.2, 0) is 4.74 Å². The zero-order valence-electron chi connectivity index (χ0n) is 14.9. The van der Waals surface area contributed by atoms with E-state index in [1.54, 1.807) is 0 Å². The first kappa shape index (κ1) is 18.7. The number of nitrogens with one attached hydrogen (secondary N) is 1. The quantitative estimate of drug-likeness (QED) is 0.421. The van der Waals surface area contributed by atoms with Crippen molar-refractivity contribution in [3.8, 4) is 0 Å². The molecule has 0 aromatic heterocycles. The maximum Gasteiger partial charge on any atom is 0.188 e. The number of aliphatic imine (C=N–C) groups is 1. The van der Waals surface area contributed by atoms with Crippen molar-refractivity contribution >= 4 is 5.96 Å². The zero-order chi connectivity index (χ0) is 17.2. The number of hydrogen-bond acceptors (Lipinski definition) is 4. The Morgan fingerprint density at radius 3 is 2.67 bits per heavy atom. The number of hydrogen-bond donors (Lipinski definition) is 2. The zero-order valence-corrected chi connectivity index (χ0v) is 14.9. The highest BCUT2D eigenvalue weighted by Gasteiger charge is 2.13. The van der Waals surface area contributed by atoms with Gasteiger partial charge in [-0.2, -0.15) is 0 Å². The molecule has 0 saturated carbocycles. The molecule has 6 nitrogen and oxygen atoms in total. The molecular weight excluding hydrogens is 302 g/mol. The van der Waals surface area contributed by atoms with Crippen molar-refractivity contribution < 1.29 is 4.74 Å². The molecule has 0 amide bonds. The van der Waals surface area contributed by atoms with Crippen molar-refractivity contribution in [3.05, 3.63) is 35.9 Å². The molecule has 1 unspecified atom stereocenters. The van der Waals surface area contributed by atoms with Gasteiger partial charge in [0.25, 0.3) is 0 Å². The Hall–Kier alpha value is -1.63. The van der Waals surface area contributed by atoms with Gasteiger partial charge in [-0.25, -0.2) is 0 Å². The molecule has 1 aliphatic heterocycles. The Balaban J connectivity index is 1.71. The van der Waals surface area contributed by atoms with Gasteiger partial charge in [-0.05, 0) is 32.6 Å². The van der Waals surface area contributed by atoms with Crippen LogP contribution < -0.4 is 11.1 Å². The topological polar surface area (TPSA) is 66.1 Å². The number of nitrogens with zero attached hydrogens (tertiary/aromatic N) is 3. The highest BCUT2D eigenvalue weighted by Crippen LogP contribution is 2.17. The van der Waals surface area contributed by atoms with Crippen LogP contribution in [0.15, 0.2) is 35.3 Å². The molecular formula is C18H31N5O. The third kappa shape index (κ3) is 6.47. The molecule has 24 heavy (non-hydrogen) atoms. The van der Waals surface area contributed by atoms with E-state index in [0.717, 1.165) is 45.8 Å². The maximum absolute atomic E-state index is 6.01. The summed E-state index contributed by atoms with van der Waals surface area (Å²) in [6.45, 7) is 6.35. The summed E-state index contributed by atoms with van der Waals surface area (Å²) < 4.78 is 5.35. The fourth-order valence-electron chi connectivity index (χ4n) is 2.83. The number of guanidine groups is 1. The molecule has 0 aliphatic carbocycles. The second kappa shape index (κ2) is 10.3. The summed E-state index contributed by atoms with van der Waals surface area (Å²) in [5.74, 6) is 0.528. The van der Waals surface area contributed by atoms with Crippen molar-refractivity contribution in [2.75, 3.05) is 60.0 Å². The Morgan fingerprint density at radius 2 is 2.00 bits per heavy atom. The molecule has 3 N–H and O–H groups in total. The highest BCUT2D eigenvalue weighted by atomic mass is 16.5. The van der Waals surface area contributed by atoms with Gasteiger partial charge in [0, 0.05) is 19.6 Å². The number of nitrogens with two attached hydrogens (primary N) is 1. The predicted molar refractivity (Wildman–Crippen MR) is 99.2 cm³/mol. The summed E-state index contributed by atoms with van der Waals surface area (Å²) in [6, 6.07) is 10.6. The van der Waals surface area contributed by atoms with Gasteiger partial charge >= 0.3 is 0 Å². The van der Waals surface area contributed by atoms with Gasteiger partial charge < -0.3 is 20.7 Å². The number of likely N-dealkylation sites (N-methyl/N-ethyl adjacent to an activating group) is 1. The molecule has 1 saturated heterocycles.